The zero-order chi connectivity index (χ0) is 13.9. The van der Waals surface area contributed by atoms with Crippen molar-refractivity contribution in [2.24, 2.45) is 0 Å². The number of fused-ring (bicyclic) bond motifs is 1. The van der Waals surface area contributed by atoms with Gasteiger partial charge in [-0.25, -0.2) is 4.98 Å². The van der Waals surface area contributed by atoms with Gasteiger partial charge in [-0.05, 0) is 36.4 Å². The molecular formula is C16H11BrClNO. The van der Waals surface area contributed by atoms with Crippen LogP contribution in [0.15, 0.2) is 54.6 Å². The Hall–Kier alpha value is -1.58. The third-order valence-electron chi connectivity index (χ3n) is 2.94. The van der Waals surface area contributed by atoms with Gasteiger partial charge in [-0.1, -0.05) is 45.7 Å². The van der Waals surface area contributed by atoms with Crippen LogP contribution in [-0.4, -0.2) is 4.98 Å². The highest BCUT2D eigenvalue weighted by Gasteiger charge is 2.08. The SMILES string of the molecule is Clc1ccc(Oc2nc3ccccc3cc2CBr)cc1. The van der Waals surface area contributed by atoms with E-state index in [-0.39, 0.29) is 0 Å². The smallest absolute Gasteiger partial charge is 0.223 e. The minimum Gasteiger partial charge on any atom is -0.439 e. The molecule has 100 valence electrons. The molecule has 0 saturated heterocycles. The first-order valence-corrected chi connectivity index (χ1v) is 7.64. The predicted octanol–water partition coefficient (Wildman–Crippen LogP) is 5.58. The van der Waals surface area contributed by atoms with E-state index in [9.17, 15) is 0 Å². The molecule has 20 heavy (non-hydrogen) atoms. The Bertz CT molecular complexity index is 743. The van der Waals surface area contributed by atoms with Crippen LogP contribution < -0.4 is 4.74 Å². The van der Waals surface area contributed by atoms with Gasteiger partial charge in [0.25, 0.3) is 0 Å². The van der Waals surface area contributed by atoms with E-state index in [1.165, 1.54) is 0 Å². The summed E-state index contributed by atoms with van der Waals surface area (Å²) in [6.45, 7) is 0. The Morgan fingerprint density at radius 1 is 1.05 bits per heavy atom. The molecule has 3 rings (SSSR count). The largest absolute Gasteiger partial charge is 0.439 e. The van der Waals surface area contributed by atoms with Crippen molar-refractivity contribution in [3.63, 3.8) is 0 Å². The van der Waals surface area contributed by atoms with Crippen LogP contribution in [0.25, 0.3) is 10.9 Å². The number of nitrogens with zero attached hydrogens (tertiary/aromatic N) is 1. The molecule has 1 heterocycles. The molecule has 0 spiro atoms. The molecule has 0 atom stereocenters. The van der Waals surface area contributed by atoms with Crippen LogP contribution in [0.5, 0.6) is 11.6 Å². The number of alkyl halides is 1. The Morgan fingerprint density at radius 3 is 2.55 bits per heavy atom. The molecule has 2 nitrogen and oxygen atoms in total. The summed E-state index contributed by atoms with van der Waals surface area (Å²) in [4.78, 5) is 4.58. The van der Waals surface area contributed by atoms with E-state index in [0.29, 0.717) is 16.2 Å². The topological polar surface area (TPSA) is 22.1 Å². The molecule has 0 aliphatic rings. The molecule has 0 radical (unpaired) electrons. The first kappa shape index (κ1) is 13.4. The molecule has 0 unspecified atom stereocenters. The molecule has 0 N–H and O–H groups in total. The maximum Gasteiger partial charge on any atom is 0.223 e. The maximum atomic E-state index is 5.87. The van der Waals surface area contributed by atoms with E-state index in [4.69, 9.17) is 16.3 Å². The zero-order valence-corrected chi connectivity index (χ0v) is 12.9. The van der Waals surface area contributed by atoms with Crippen LogP contribution in [0.4, 0.5) is 0 Å². The Balaban J connectivity index is 2.03. The number of hydrogen-bond donors (Lipinski definition) is 0. The number of rotatable bonds is 3. The third-order valence-corrected chi connectivity index (χ3v) is 3.79. The van der Waals surface area contributed by atoms with Gasteiger partial charge in [-0.3, -0.25) is 0 Å². The third kappa shape index (κ3) is 2.79. The Labute approximate surface area is 130 Å². The fourth-order valence-corrected chi connectivity index (χ4v) is 2.47. The van der Waals surface area contributed by atoms with E-state index in [1.807, 2.05) is 36.4 Å². The summed E-state index contributed by atoms with van der Waals surface area (Å²) in [6.07, 6.45) is 0. The van der Waals surface area contributed by atoms with Crippen LogP contribution in [0.1, 0.15) is 5.56 Å². The maximum absolute atomic E-state index is 5.87. The average molecular weight is 349 g/mol. The van der Waals surface area contributed by atoms with Crippen LogP contribution >= 0.6 is 27.5 Å². The number of para-hydroxylation sites is 1. The van der Waals surface area contributed by atoms with Crippen molar-refractivity contribution in [3.8, 4) is 11.6 Å². The second-order valence-electron chi connectivity index (χ2n) is 4.33. The lowest BCUT2D eigenvalue weighted by molar-refractivity contribution is 0.461. The van der Waals surface area contributed by atoms with Gasteiger partial charge >= 0.3 is 0 Å². The van der Waals surface area contributed by atoms with E-state index >= 15 is 0 Å². The van der Waals surface area contributed by atoms with Crippen molar-refractivity contribution in [2.45, 2.75) is 5.33 Å². The highest BCUT2D eigenvalue weighted by Crippen LogP contribution is 2.29. The van der Waals surface area contributed by atoms with Gasteiger partial charge in [0.05, 0.1) is 5.52 Å². The van der Waals surface area contributed by atoms with E-state index in [1.54, 1.807) is 12.1 Å². The molecule has 0 bridgehead atoms. The summed E-state index contributed by atoms with van der Waals surface area (Å²) in [6, 6.07) is 17.3. The van der Waals surface area contributed by atoms with Crippen LogP contribution in [0.2, 0.25) is 5.02 Å². The number of pyridine rings is 1. The summed E-state index contributed by atoms with van der Waals surface area (Å²) < 4.78 is 5.86. The lowest BCUT2D eigenvalue weighted by Crippen LogP contribution is -1.94. The van der Waals surface area contributed by atoms with Gasteiger partial charge in [-0.15, -0.1) is 0 Å². The lowest BCUT2D eigenvalue weighted by Gasteiger charge is -2.10. The summed E-state index contributed by atoms with van der Waals surface area (Å²) >= 11 is 9.35. The predicted molar refractivity (Wildman–Crippen MR) is 85.9 cm³/mol. The minimum absolute atomic E-state index is 0.614. The quantitative estimate of drug-likeness (QED) is 0.577. The molecule has 1 aromatic heterocycles. The Morgan fingerprint density at radius 2 is 1.80 bits per heavy atom. The van der Waals surface area contributed by atoms with Crippen LogP contribution in [-0.2, 0) is 5.33 Å². The van der Waals surface area contributed by atoms with Crippen molar-refractivity contribution >= 4 is 38.4 Å². The number of halogens is 2. The lowest BCUT2D eigenvalue weighted by atomic mass is 10.2. The van der Waals surface area contributed by atoms with Gasteiger partial charge in [0.1, 0.15) is 5.75 Å². The monoisotopic (exact) mass is 347 g/mol. The molecule has 0 saturated carbocycles. The summed E-state index contributed by atoms with van der Waals surface area (Å²) in [5, 5.41) is 2.48. The second kappa shape index (κ2) is 5.81. The van der Waals surface area contributed by atoms with E-state index < -0.39 is 0 Å². The first-order chi connectivity index (χ1) is 9.76. The van der Waals surface area contributed by atoms with Crippen molar-refractivity contribution < 1.29 is 4.74 Å². The van der Waals surface area contributed by atoms with Gasteiger partial charge in [-0.2, -0.15) is 0 Å². The second-order valence-corrected chi connectivity index (χ2v) is 5.33. The standard InChI is InChI=1S/C16H11BrClNO/c17-10-12-9-11-3-1-2-4-15(11)19-16(12)20-14-7-5-13(18)6-8-14/h1-9H,10H2. The highest BCUT2D eigenvalue weighted by atomic mass is 79.9. The van der Waals surface area contributed by atoms with Crippen LogP contribution in [0.3, 0.4) is 0 Å². The minimum atomic E-state index is 0.614. The van der Waals surface area contributed by atoms with Gasteiger partial charge < -0.3 is 4.74 Å². The van der Waals surface area contributed by atoms with E-state index in [0.717, 1.165) is 22.2 Å². The molecular weight excluding hydrogens is 338 g/mol. The highest BCUT2D eigenvalue weighted by molar-refractivity contribution is 9.08. The fraction of sp³-hybridized carbons (Fsp3) is 0.0625. The summed E-state index contributed by atoms with van der Waals surface area (Å²) in [5.74, 6) is 1.34. The Kier molecular flexibility index (Phi) is 3.90. The molecule has 2 aromatic carbocycles. The summed E-state index contributed by atoms with van der Waals surface area (Å²) in [5.41, 5.74) is 1.93. The normalized spacial score (nSPS) is 10.7. The molecule has 3 aromatic rings. The number of ether oxygens (including phenoxy) is 1. The first-order valence-electron chi connectivity index (χ1n) is 6.14. The summed E-state index contributed by atoms with van der Waals surface area (Å²) in [7, 11) is 0. The molecule has 0 aliphatic heterocycles. The van der Waals surface area contributed by atoms with Crippen molar-refractivity contribution in [1.29, 1.82) is 0 Å². The number of aromatic nitrogens is 1. The number of hydrogen-bond acceptors (Lipinski definition) is 2. The average Bonchev–Trinajstić information content (AvgIpc) is 2.49. The van der Waals surface area contributed by atoms with Crippen molar-refractivity contribution in [1.82, 2.24) is 4.98 Å². The van der Waals surface area contributed by atoms with Gasteiger partial charge in [0.2, 0.25) is 5.88 Å². The number of benzene rings is 2. The van der Waals surface area contributed by atoms with Gasteiger partial charge in [0, 0.05) is 21.3 Å². The van der Waals surface area contributed by atoms with Crippen molar-refractivity contribution in [2.75, 3.05) is 0 Å². The molecule has 4 heteroatoms. The fourth-order valence-electron chi connectivity index (χ4n) is 1.94. The molecule has 0 aliphatic carbocycles. The van der Waals surface area contributed by atoms with Crippen LogP contribution in [0, 0.1) is 0 Å². The van der Waals surface area contributed by atoms with E-state index in [2.05, 4.69) is 27.0 Å². The molecule has 0 fully saturated rings. The molecule has 0 amide bonds. The van der Waals surface area contributed by atoms with Crippen molar-refractivity contribution in [3.05, 3.63) is 65.2 Å². The van der Waals surface area contributed by atoms with Gasteiger partial charge in [0.15, 0.2) is 0 Å². The zero-order valence-electron chi connectivity index (χ0n) is 10.5.